The number of hydrogen-bond acceptors (Lipinski definition) is 5. The molecule has 6 aliphatic rings. The summed E-state index contributed by atoms with van der Waals surface area (Å²) in [6.45, 7) is 0. The Balaban J connectivity index is 1.18. The van der Waals surface area contributed by atoms with Crippen LogP contribution in [-0.2, 0) is 0 Å². The van der Waals surface area contributed by atoms with Crippen molar-refractivity contribution in [2.24, 2.45) is 0 Å². The molecule has 6 heteroatoms. The van der Waals surface area contributed by atoms with Gasteiger partial charge in [-0.2, -0.15) is 14.6 Å². The first-order valence-electron chi connectivity index (χ1n) is 18.2. The van der Waals surface area contributed by atoms with Gasteiger partial charge in [-0.1, -0.05) is 115 Å². The number of rotatable bonds is 3. The third-order valence-corrected chi connectivity index (χ3v) is 11.4. The molecule has 0 amide bonds. The van der Waals surface area contributed by atoms with Crippen molar-refractivity contribution in [3.63, 3.8) is 0 Å². The third kappa shape index (κ3) is 4.12. The van der Waals surface area contributed by atoms with Crippen LogP contribution in [0.5, 0.6) is 0 Å². The SMILES string of the molecule is C1=CC2=C3C=CC=C4C5=CC=CC6=[N+](c7nc(-c8ccccc8)nc(-c8ccccc8)n7)c7cc8cc9ccccc9cc8cc7N(C56)N(C2C=C1)C43. The van der Waals surface area contributed by atoms with Gasteiger partial charge in [0.2, 0.25) is 11.6 Å². The van der Waals surface area contributed by atoms with E-state index in [1.165, 1.54) is 43.8 Å². The lowest BCUT2D eigenvalue weighted by atomic mass is 9.79. The predicted molar refractivity (Wildman–Crippen MR) is 214 cm³/mol. The minimum absolute atomic E-state index is 0.101. The van der Waals surface area contributed by atoms with Crippen molar-refractivity contribution >= 4 is 44.6 Å². The van der Waals surface area contributed by atoms with Crippen molar-refractivity contribution in [1.82, 2.24) is 24.5 Å². The zero-order valence-electron chi connectivity index (χ0n) is 28.6. The first-order valence-corrected chi connectivity index (χ1v) is 18.2. The molecule has 248 valence electrons. The minimum atomic E-state index is -0.101. The lowest BCUT2D eigenvalue weighted by Gasteiger charge is -2.54. The molecular weight excluding hydrogens is 649 g/mol. The van der Waals surface area contributed by atoms with E-state index in [2.05, 4.69) is 148 Å². The quantitative estimate of drug-likeness (QED) is 0.138. The predicted octanol–water partition coefficient (Wildman–Crippen LogP) is 9.37. The molecule has 3 atom stereocenters. The molecule has 6 aromatic rings. The lowest BCUT2D eigenvalue weighted by Crippen LogP contribution is -2.65. The Bertz CT molecular complexity index is 2800. The average molecular weight is 680 g/mol. The molecule has 1 aromatic heterocycles. The van der Waals surface area contributed by atoms with E-state index in [0.29, 0.717) is 17.6 Å². The van der Waals surface area contributed by atoms with Gasteiger partial charge in [-0.05, 0) is 108 Å². The number of aromatic nitrogens is 3. The zero-order valence-corrected chi connectivity index (χ0v) is 28.6. The number of fused-ring (bicyclic) bond motifs is 8. The van der Waals surface area contributed by atoms with Crippen molar-refractivity contribution in [2.75, 3.05) is 5.01 Å². The highest BCUT2D eigenvalue weighted by atomic mass is 15.7. The molecule has 0 N–H and O–H groups in total. The molecule has 3 aliphatic carbocycles. The van der Waals surface area contributed by atoms with Crippen LogP contribution in [0, 0.1) is 0 Å². The Morgan fingerprint density at radius 3 is 1.87 bits per heavy atom. The van der Waals surface area contributed by atoms with Gasteiger partial charge in [-0.3, -0.25) is 5.01 Å². The van der Waals surface area contributed by atoms with Gasteiger partial charge in [0, 0.05) is 11.1 Å². The molecule has 4 heterocycles. The Morgan fingerprint density at radius 1 is 0.528 bits per heavy atom. The standard InChI is InChI=1S/C47H31N6/c1-3-13-29(14-4-1)45-48-46(30-15-5-2-6-16-30)50-47(49-45)51-40-24-12-22-38-37-21-11-20-36-35-19-9-10-23-39(35)52(43(36)37)53(44(38)40)42-28-34-26-32-18-8-7-17-31(32)25-33(34)27-41(42)51/h1-28,39,43-44H/q+1. The van der Waals surface area contributed by atoms with Gasteiger partial charge >= 0.3 is 5.95 Å². The van der Waals surface area contributed by atoms with Gasteiger partial charge in [0.15, 0.2) is 0 Å². The fourth-order valence-electron chi connectivity index (χ4n) is 9.13. The normalized spacial score (nSPS) is 21.8. The summed E-state index contributed by atoms with van der Waals surface area (Å²) in [4.78, 5) is 15.7. The highest BCUT2D eigenvalue weighted by Gasteiger charge is 2.55. The van der Waals surface area contributed by atoms with Crippen LogP contribution in [0.3, 0.4) is 0 Å². The first kappa shape index (κ1) is 28.9. The summed E-state index contributed by atoms with van der Waals surface area (Å²) in [5.41, 5.74) is 10.5. The fraction of sp³-hybridized carbons (Fsp3) is 0.0638. The largest absolute Gasteiger partial charge is 0.442 e. The van der Waals surface area contributed by atoms with Crippen LogP contribution < -0.4 is 9.58 Å². The summed E-state index contributed by atoms with van der Waals surface area (Å²) >= 11 is 0. The van der Waals surface area contributed by atoms with Crippen molar-refractivity contribution < 1.29 is 0 Å². The Morgan fingerprint density at radius 2 is 1.15 bits per heavy atom. The van der Waals surface area contributed by atoms with Gasteiger partial charge < -0.3 is 0 Å². The highest BCUT2D eigenvalue weighted by molar-refractivity contribution is 6.13. The summed E-state index contributed by atoms with van der Waals surface area (Å²) in [5, 5.41) is 10.0. The number of allylic oxidation sites excluding steroid dienone is 6. The molecule has 0 saturated carbocycles. The van der Waals surface area contributed by atoms with Crippen molar-refractivity contribution in [3.05, 3.63) is 192 Å². The van der Waals surface area contributed by atoms with Crippen LogP contribution >= 0.6 is 0 Å². The van der Waals surface area contributed by atoms with E-state index in [1.54, 1.807) is 0 Å². The molecule has 12 rings (SSSR count). The lowest BCUT2D eigenvalue weighted by molar-refractivity contribution is 0.204. The van der Waals surface area contributed by atoms with Crippen LogP contribution in [0.15, 0.2) is 192 Å². The minimum Gasteiger partial charge on any atom is -0.286 e. The second-order valence-electron chi connectivity index (χ2n) is 14.3. The molecule has 0 spiro atoms. The average Bonchev–Trinajstić information content (AvgIpc) is 3.56. The maximum atomic E-state index is 5.30. The fourth-order valence-corrected chi connectivity index (χ4v) is 9.13. The Labute approximate surface area is 306 Å². The topological polar surface area (TPSA) is 48.2 Å². The van der Waals surface area contributed by atoms with Crippen molar-refractivity contribution in [2.45, 2.75) is 18.1 Å². The van der Waals surface area contributed by atoms with Crippen molar-refractivity contribution in [1.29, 1.82) is 0 Å². The monoisotopic (exact) mass is 679 g/mol. The molecule has 1 saturated heterocycles. The second-order valence-corrected chi connectivity index (χ2v) is 14.3. The maximum Gasteiger partial charge on any atom is 0.442 e. The van der Waals surface area contributed by atoms with Crippen LogP contribution in [0.4, 0.5) is 17.3 Å². The van der Waals surface area contributed by atoms with E-state index in [-0.39, 0.29) is 18.1 Å². The van der Waals surface area contributed by atoms with Crippen LogP contribution in [0.2, 0.25) is 0 Å². The number of anilines is 1. The number of nitrogens with zero attached hydrogens (tertiary/aromatic N) is 6. The second kappa shape index (κ2) is 10.9. The number of hydrazine groups is 1. The molecule has 0 bridgehead atoms. The highest BCUT2D eigenvalue weighted by Crippen LogP contribution is 2.53. The summed E-state index contributed by atoms with van der Waals surface area (Å²) in [6.07, 6.45) is 22.7. The summed E-state index contributed by atoms with van der Waals surface area (Å²) in [6, 6.07) is 38.6. The zero-order chi connectivity index (χ0) is 34.6. The Kier molecular flexibility index (Phi) is 5.93. The van der Waals surface area contributed by atoms with Crippen LogP contribution in [-0.4, -0.2) is 43.8 Å². The van der Waals surface area contributed by atoms with Crippen molar-refractivity contribution in [3.8, 4) is 22.8 Å². The summed E-state index contributed by atoms with van der Waals surface area (Å²) < 4.78 is 2.30. The van der Waals surface area contributed by atoms with E-state index in [9.17, 15) is 0 Å². The smallest absolute Gasteiger partial charge is 0.286 e. The van der Waals surface area contributed by atoms with Crippen LogP contribution in [0.25, 0.3) is 44.3 Å². The molecule has 6 nitrogen and oxygen atoms in total. The van der Waals surface area contributed by atoms with E-state index in [0.717, 1.165) is 28.2 Å². The Hall–Kier alpha value is -6.76. The maximum absolute atomic E-state index is 5.30. The molecule has 3 aliphatic heterocycles. The molecule has 0 radical (unpaired) electrons. The van der Waals surface area contributed by atoms with Gasteiger partial charge in [0.05, 0.1) is 17.8 Å². The van der Waals surface area contributed by atoms with E-state index < -0.39 is 0 Å². The van der Waals surface area contributed by atoms with E-state index in [4.69, 9.17) is 15.0 Å². The molecular formula is C47H31N6+. The molecule has 53 heavy (non-hydrogen) atoms. The number of benzene rings is 5. The van der Waals surface area contributed by atoms with Crippen LogP contribution in [0.1, 0.15) is 0 Å². The summed E-state index contributed by atoms with van der Waals surface area (Å²) in [7, 11) is 0. The van der Waals surface area contributed by atoms with Gasteiger partial charge in [0.1, 0.15) is 17.4 Å². The third-order valence-electron chi connectivity index (χ3n) is 11.4. The van der Waals surface area contributed by atoms with E-state index in [1.807, 2.05) is 36.4 Å². The molecule has 1 fully saturated rings. The van der Waals surface area contributed by atoms with Gasteiger partial charge in [-0.15, -0.1) is 0 Å². The van der Waals surface area contributed by atoms with Gasteiger partial charge in [-0.25, -0.2) is 0 Å². The first-order chi connectivity index (χ1) is 26.3. The molecule has 3 unspecified atom stereocenters. The number of hydrogen-bond donors (Lipinski definition) is 0. The summed E-state index contributed by atoms with van der Waals surface area (Å²) in [5.74, 6) is 1.88. The molecule has 5 aromatic carbocycles. The van der Waals surface area contributed by atoms with E-state index >= 15 is 0 Å². The van der Waals surface area contributed by atoms with Gasteiger partial charge in [0.25, 0.3) is 0 Å².